The fourth-order valence-electron chi connectivity index (χ4n) is 8.22. The maximum Gasteiger partial charge on any atom is 0.0719 e. The second-order valence-corrected chi connectivity index (χ2v) is 13.9. The van der Waals surface area contributed by atoms with Crippen LogP contribution in [0.4, 0.5) is 0 Å². The van der Waals surface area contributed by atoms with Crippen LogP contribution in [-0.4, -0.2) is 0 Å². The van der Waals surface area contributed by atoms with Crippen LogP contribution in [0, 0.1) is 0 Å². The molecule has 0 saturated carbocycles. The highest BCUT2D eigenvalue weighted by atomic mass is 32.1. The van der Waals surface area contributed by atoms with Gasteiger partial charge >= 0.3 is 0 Å². The average molecular weight is 627 g/mol. The molecule has 48 heavy (non-hydrogen) atoms. The van der Waals surface area contributed by atoms with Crippen molar-refractivity contribution in [2.24, 2.45) is 0 Å². The molecule has 0 saturated heterocycles. The average Bonchev–Trinajstić information content (AvgIpc) is 3.69. The van der Waals surface area contributed by atoms with Gasteiger partial charge in [0.15, 0.2) is 0 Å². The standard InChI is InChI=1S/C47H30S/c1-4-12-31(13-5-1)34-21-25-39-41-26-22-35-28-32(33-23-27-45-42(29-33)40-18-10-11-19-44(40)48-45)20-24-38(35)46(41)47(43(39)30-34,36-14-6-2-7-15-36)37-16-8-3-9-17-37/h1-30H. The van der Waals surface area contributed by atoms with Gasteiger partial charge in [-0.2, -0.15) is 0 Å². The van der Waals surface area contributed by atoms with Gasteiger partial charge in [0.25, 0.3) is 0 Å². The van der Waals surface area contributed by atoms with Crippen molar-refractivity contribution in [1.82, 2.24) is 0 Å². The molecule has 224 valence electrons. The summed E-state index contributed by atoms with van der Waals surface area (Å²) in [6.07, 6.45) is 0. The van der Waals surface area contributed by atoms with Crippen molar-refractivity contribution in [1.29, 1.82) is 0 Å². The van der Waals surface area contributed by atoms with E-state index in [-0.39, 0.29) is 0 Å². The lowest BCUT2D eigenvalue weighted by Crippen LogP contribution is -2.28. The van der Waals surface area contributed by atoms with Crippen molar-refractivity contribution in [3.8, 4) is 33.4 Å². The summed E-state index contributed by atoms with van der Waals surface area (Å²) in [7, 11) is 0. The molecule has 0 amide bonds. The van der Waals surface area contributed by atoms with Crippen molar-refractivity contribution < 1.29 is 0 Å². The van der Waals surface area contributed by atoms with Gasteiger partial charge in [-0.25, -0.2) is 0 Å². The first-order valence-corrected chi connectivity index (χ1v) is 17.4. The predicted molar refractivity (Wildman–Crippen MR) is 205 cm³/mol. The Kier molecular flexibility index (Phi) is 6.06. The minimum absolute atomic E-state index is 0.479. The van der Waals surface area contributed by atoms with Crippen LogP contribution >= 0.6 is 11.3 Å². The third-order valence-corrected chi connectivity index (χ3v) is 11.5. The van der Waals surface area contributed by atoms with Crippen LogP contribution in [0.3, 0.4) is 0 Å². The van der Waals surface area contributed by atoms with E-state index in [1.54, 1.807) is 0 Å². The Morgan fingerprint density at radius 3 is 1.71 bits per heavy atom. The summed E-state index contributed by atoms with van der Waals surface area (Å²) in [5.41, 5.74) is 12.4. The molecule has 1 aromatic heterocycles. The van der Waals surface area contributed by atoms with Crippen molar-refractivity contribution >= 4 is 42.3 Å². The molecule has 0 fully saturated rings. The first-order valence-electron chi connectivity index (χ1n) is 16.6. The molecule has 8 aromatic carbocycles. The van der Waals surface area contributed by atoms with Crippen LogP contribution in [0.5, 0.6) is 0 Å². The molecular weight excluding hydrogens is 597 g/mol. The Hall–Kier alpha value is -5.76. The lowest BCUT2D eigenvalue weighted by Gasteiger charge is -2.35. The van der Waals surface area contributed by atoms with E-state index < -0.39 is 5.41 Å². The predicted octanol–water partition coefficient (Wildman–Crippen LogP) is 12.9. The van der Waals surface area contributed by atoms with E-state index in [4.69, 9.17) is 0 Å². The zero-order chi connectivity index (χ0) is 31.7. The summed E-state index contributed by atoms with van der Waals surface area (Å²) in [6, 6.07) is 67.6. The molecule has 0 nitrogen and oxygen atoms in total. The van der Waals surface area contributed by atoms with E-state index in [0.717, 1.165) is 0 Å². The summed E-state index contributed by atoms with van der Waals surface area (Å²) in [5.74, 6) is 0. The van der Waals surface area contributed by atoms with Gasteiger partial charge in [0.2, 0.25) is 0 Å². The van der Waals surface area contributed by atoms with Gasteiger partial charge in [-0.3, -0.25) is 0 Å². The Bertz CT molecular complexity index is 2610. The van der Waals surface area contributed by atoms with Crippen molar-refractivity contribution in [3.63, 3.8) is 0 Å². The zero-order valence-corrected chi connectivity index (χ0v) is 27.0. The molecule has 0 unspecified atom stereocenters. The van der Waals surface area contributed by atoms with E-state index in [1.165, 1.54) is 86.6 Å². The van der Waals surface area contributed by atoms with E-state index in [9.17, 15) is 0 Å². The number of hydrogen-bond donors (Lipinski definition) is 0. The lowest BCUT2D eigenvalue weighted by molar-refractivity contribution is 0.776. The fraction of sp³-hybridized carbons (Fsp3) is 0.0213. The Morgan fingerprint density at radius 1 is 0.354 bits per heavy atom. The van der Waals surface area contributed by atoms with E-state index in [2.05, 4.69) is 182 Å². The molecule has 10 rings (SSSR count). The van der Waals surface area contributed by atoms with Crippen molar-refractivity contribution in [2.45, 2.75) is 5.41 Å². The number of benzene rings is 8. The molecule has 1 heterocycles. The Morgan fingerprint density at radius 2 is 0.938 bits per heavy atom. The van der Waals surface area contributed by atoms with Gasteiger partial charge in [-0.1, -0.05) is 152 Å². The molecule has 0 atom stereocenters. The molecule has 0 spiro atoms. The van der Waals surface area contributed by atoms with E-state index in [1.807, 2.05) is 11.3 Å². The summed E-state index contributed by atoms with van der Waals surface area (Å²) >= 11 is 1.87. The van der Waals surface area contributed by atoms with Gasteiger partial charge in [-0.05, 0) is 96.7 Å². The van der Waals surface area contributed by atoms with Crippen LogP contribution in [0.2, 0.25) is 0 Å². The summed E-state index contributed by atoms with van der Waals surface area (Å²) < 4.78 is 2.67. The third-order valence-electron chi connectivity index (χ3n) is 10.3. The molecule has 0 bridgehead atoms. The van der Waals surface area contributed by atoms with Gasteiger partial charge in [0.05, 0.1) is 5.41 Å². The lowest BCUT2D eigenvalue weighted by atomic mass is 9.66. The number of rotatable bonds is 4. The van der Waals surface area contributed by atoms with Gasteiger partial charge in [-0.15, -0.1) is 11.3 Å². The highest BCUT2D eigenvalue weighted by Gasteiger charge is 2.47. The number of fused-ring (bicyclic) bond motifs is 8. The normalized spacial score (nSPS) is 13.2. The summed E-state index contributed by atoms with van der Waals surface area (Å²) in [6.45, 7) is 0. The van der Waals surface area contributed by atoms with E-state index >= 15 is 0 Å². The highest BCUT2D eigenvalue weighted by molar-refractivity contribution is 7.25. The minimum Gasteiger partial charge on any atom is -0.135 e. The summed E-state index contributed by atoms with van der Waals surface area (Å²) in [5, 5.41) is 5.22. The van der Waals surface area contributed by atoms with E-state index in [0.29, 0.717) is 0 Å². The molecule has 0 aliphatic heterocycles. The Balaban J connectivity index is 1.25. The van der Waals surface area contributed by atoms with Crippen molar-refractivity contribution in [3.05, 3.63) is 204 Å². The topological polar surface area (TPSA) is 0 Å². The second-order valence-electron chi connectivity index (χ2n) is 12.8. The van der Waals surface area contributed by atoms with Gasteiger partial charge in [0.1, 0.15) is 0 Å². The molecule has 0 radical (unpaired) electrons. The maximum absolute atomic E-state index is 2.45. The number of hydrogen-bond acceptors (Lipinski definition) is 1. The molecular formula is C47H30S. The monoisotopic (exact) mass is 626 g/mol. The van der Waals surface area contributed by atoms with Gasteiger partial charge in [0, 0.05) is 20.2 Å². The van der Waals surface area contributed by atoms with Crippen LogP contribution in [0.15, 0.2) is 182 Å². The van der Waals surface area contributed by atoms with Crippen LogP contribution < -0.4 is 0 Å². The molecule has 1 aliphatic rings. The second kappa shape index (κ2) is 10.6. The minimum atomic E-state index is -0.479. The first kappa shape index (κ1) is 27.4. The van der Waals surface area contributed by atoms with Crippen LogP contribution in [0.1, 0.15) is 22.3 Å². The van der Waals surface area contributed by atoms with Crippen LogP contribution in [0.25, 0.3) is 64.3 Å². The first-order chi connectivity index (χ1) is 23.8. The van der Waals surface area contributed by atoms with Crippen LogP contribution in [-0.2, 0) is 5.41 Å². The van der Waals surface area contributed by atoms with Gasteiger partial charge < -0.3 is 0 Å². The fourth-order valence-corrected chi connectivity index (χ4v) is 9.31. The molecule has 1 heteroatoms. The largest absolute Gasteiger partial charge is 0.135 e. The highest BCUT2D eigenvalue weighted by Crippen LogP contribution is 2.58. The SMILES string of the molecule is c1ccc(-c2ccc3c(c2)C(c2ccccc2)(c2ccccc2)c2c-3ccc3cc(-c4ccc5sc6ccccc6c5c4)ccc23)cc1. The quantitative estimate of drug-likeness (QED) is 0.182. The third kappa shape index (κ3) is 3.95. The Labute approximate surface area is 284 Å². The van der Waals surface area contributed by atoms with Crippen molar-refractivity contribution in [2.75, 3.05) is 0 Å². The molecule has 9 aromatic rings. The zero-order valence-electron chi connectivity index (χ0n) is 26.2. The summed E-state index contributed by atoms with van der Waals surface area (Å²) in [4.78, 5) is 0. The molecule has 0 N–H and O–H groups in total. The maximum atomic E-state index is 2.45. The number of thiophene rings is 1. The molecule has 1 aliphatic carbocycles. The smallest absolute Gasteiger partial charge is 0.0719 e.